The van der Waals surface area contributed by atoms with E-state index in [4.69, 9.17) is 4.74 Å². The minimum atomic E-state index is -1.11. The molecule has 3 atom stereocenters. The maximum Gasteiger partial charge on any atom is 0.335 e. The summed E-state index contributed by atoms with van der Waals surface area (Å²) < 4.78 is 4.94. The first-order chi connectivity index (χ1) is 10.8. The van der Waals surface area contributed by atoms with Crippen LogP contribution >= 0.6 is 0 Å². The third kappa shape index (κ3) is 5.20. The van der Waals surface area contributed by atoms with Gasteiger partial charge in [0.25, 0.3) is 0 Å². The summed E-state index contributed by atoms with van der Waals surface area (Å²) in [5.41, 5.74) is 1.74. The highest BCUT2D eigenvalue weighted by molar-refractivity contribution is 5.93. The number of allylic oxidation sites excluding steroid dienone is 3. The van der Waals surface area contributed by atoms with Gasteiger partial charge in [0.15, 0.2) is 0 Å². The van der Waals surface area contributed by atoms with Gasteiger partial charge in [0.2, 0.25) is 0 Å². The lowest BCUT2D eigenvalue weighted by atomic mass is 9.87. The van der Waals surface area contributed by atoms with Crippen LogP contribution in [0.2, 0.25) is 0 Å². The van der Waals surface area contributed by atoms with Crippen LogP contribution in [-0.4, -0.2) is 34.9 Å². The largest absolute Gasteiger partial charge is 0.478 e. The summed E-state index contributed by atoms with van der Waals surface area (Å²) in [5.74, 6) is -1.87. The van der Waals surface area contributed by atoms with Gasteiger partial charge in [0.05, 0.1) is 12.2 Å². The van der Waals surface area contributed by atoms with E-state index >= 15 is 0 Å². The molecule has 5 nitrogen and oxygen atoms in total. The second-order valence-corrected chi connectivity index (χ2v) is 6.49. The highest BCUT2D eigenvalue weighted by Gasteiger charge is 2.46. The quantitative estimate of drug-likeness (QED) is 0.387. The molecule has 1 aliphatic rings. The first kappa shape index (κ1) is 19.4. The molecule has 1 saturated heterocycles. The number of cyclic esters (lactones) is 1. The monoisotopic (exact) mass is 324 g/mol. The molecule has 1 heterocycles. The third-order valence-corrected chi connectivity index (χ3v) is 4.23. The summed E-state index contributed by atoms with van der Waals surface area (Å²) in [5, 5.41) is 18.6. The minimum Gasteiger partial charge on any atom is -0.478 e. The Balaban J connectivity index is 2.88. The molecule has 3 unspecified atom stereocenters. The number of hydrogen-bond acceptors (Lipinski definition) is 4. The molecule has 23 heavy (non-hydrogen) atoms. The van der Waals surface area contributed by atoms with Crippen molar-refractivity contribution in [3.8, 4) is 0 Å². The molecule has 0 amide bonds. The number of hydrogen-bond donors (Lipinski definition) is 2. The van der Waals surface area contributed by atoms with E-state index in [1.165, 1.54) is 12.8 Å². The molecule has 0 bridgehead atoms. The zero-order chi connectivity index (χ0) is 17.6. The van der Waals surface area contributed by atoms with Crippen molar-refractivity contribution < 1.29 is 24.5 Å². The van der Waals surface area contributed by atoms with Crippen LogP contribution in [0.15, 0.2) is 22.8 Å². The maximum atomic E-state index is 11.5. The number of rotatable bonds is 9. The zero-order valence-corrected chi connectivity index (χ0v) is 14.5. The summed E-state index contributed by atoms with van der Waals surface area (Å²) in [6, 6.07) is 0. The van der Waals surface area contributed by atoms with E-state index in [9.17, 15) is 19.8 Å². The first-order valence-corrected chi connectivity index (χ1v) is 8.24. The van der Waals surface area contributed by atoms with Crippen LogP contribution in [-0.2, 0) is 14.3 Å². The Morgan fingerprint density at radius 3 is 2.52 bits per heavy atom. The van der Waals surface area contributed by atoms with Crippen LogP contribution in [0.4, 0.5) is 0 Å². The van der Waals surface area contributed by atoms with Crippen LogP contribution in [0, 0.1) is 11.8 Å². The molecule has 0 saturated carbocycles. The predicted octanol–water partition coefficient (Wildman–Crippen LogP) is 3.08. The van der Waals surface area contributed by atoms with E-state index < -0.39 is 30.6 Å². The van der Waals surface area contributed by atoms with Crippen molar-refractivity contribution in [2.75, 3.05) is 6.61 Å². The van der Waals surface area contributed by atoms with Crippen molar-refractivity contribution in [2.24, 2.45) is 11.8 Å². The second kappa shape index (κ2) is 8.87. The molecule has 0 aromatic heterocycles. The summed E-state index contributed by atoms with van der Waals surface area (Å²) >= 11 is 0. The number of ether oxygens (including phenoxy) is 1. The number of aliphatic hydroxyl groups excluding tert-OH is 1. The Hall–Kier alpha value is -1.62. The van der Waals surface area contributed by atoms with E-state index in [2.05, 4.69) is 13.8 Å². The molecule has 2 N–H and O–H groups in total. The highest BCUT2D eigenvalue weighted by Crippen LogP contribution is 2.31. The van der Waals surface area contributed by atoms with Gasteiger partial charge in [-0.3, -0.25) is 4.79 Å². The van der Waals surface area contributed by atoms with E-state index in [0.29, 0.717) is 11.5 Å². The van der Waals surface area contributed by atoms with Crippen LogP contribution in [0.1, 0.15) is 53.4 Å². The summed E-state index contributed by atoms with van der Waals surface area (Å²) in [6.07, 6.45) is 5.43. The smallest absolute Gasteiger partial charge is 0.335 e. The second-order valence-electron chi connectivity index (χ2n) is 6.49. The van der Waals surface area contributed by atoms with Crippen LogP contribution < -0.4 is 0 Å². The van der Waals surface area contributed by atoms with Gasteiger partial charge in [-0.1, -0.05) is 44.8 Å². The van der Waals surface area contributed by atoms with Crippen molar-refractivity contribution in [3.05, 3.63) is 22.8 Å². The van der Waals surface area contributed by atoms with Crippen molar-refractivity contribution in [1.82, 2.24) is 0 Å². The van der Waals surface area contributed by atoms with E-state index in [-0.39, 0.29) is 5.57 Å². The Labute approximate surface area is 138 Å². The fraction of sp³-hybridized carbons (Fsp3) is 0.667. The molecular weight excluding hydrogens is 296 g/mol. The summed E-state index contributed by atoms with van der Waals surface area (Å²) in [7, 11) is 0. The number of unbranched alkanes of at least 4 members (excludes halogenated alkanes) is 1. The van der Waals surface area contributed by atoms with E-state index in [1.807, 2.05) is 13.0 Å². The molecule has 0 aromatic rings. The van der Waals surface area contributed by atoms with Gasteiger partial charge in [-0.05, 0) is 31.8 Å². The van der Waals surface area contributed by atoms with E-state index in [1.54, 1.807) is 6.92 Å². The van der Waals surface area contributed by atoms with Crippen LogP contribution in [0.25, 0.3) is 0 Å². The highest BCUT2D eigenvalue weighted by atomic mass is 16.6. The molecule has 1 fully saturated rings. The molecule has 1 aliphatic heterocycles. The fourth-order valence-corrected chi connectivity index (χ4v) is 3.00. The number of carbonyl (C=O) groups excluding carboxylic acids is 1. The van der Waals surface area contributed by atoms with Crippen molar-refractivity contribution in [1.29, 1.82) is 0 Å². The average Bonchev–Trinajstić information content (AvgIpc) is 2.44. The van der Waals surface area contributed by atoms with Gasteiger partial charge in [-0.15, -0.1) is 0 Å². The molecule has 130 valence electrons. The molecule has 0 aromatic carbocycles. The number of aliphatic carboxylic acids is 1. The Kier molecular flexibility index (Phi) is 7.49. The first-order valence-electron chi connectivity index (χ1n) is 8.24. The number of esters is 1. The SMILES string of the molecule is CCCCC(C)CC(C)=CC(C)=C(C(=O)O)C1OC(=O)C1CO. The van der Waals surface area contributed by atoms with Gasteiger partial charge in [0, 0.05) is 0 Å². The van der Waals surface area contributed by atoms with Crippen molar-refractivity contribution in [3.63, 3.8) is 0 Å². The van der Waals surface area contributed by atoms with Crippen LogP contribution in [0.5, 0.6) is 0 Å². The normalized spacial score (nSPS) is 23.7. The molecule has 5 heteroatoms. The predicted molar refractivity (Wildman–Crippen MR) is 87.9 cm³/mol. The van der Waals surface area contributed by atoms with Crippen molar-refractivity contribution >= 4 is 11.9 Å². The minimum absolute atomic E-state index is 0.0595. The molecule has 0 radical (unpaired) electrons. The average molecular weight is 324 g/mol. The molecule has 1 rings (SSSR count). The van der Waals surface area contributed by atoms with Gasteiger partial charge >= 0.3 is 11.9 Å². The number of carbonyl (C=O) groups is 2. The lowest BCUT2D eigenvalue weighted by molar-refractivity contribution is -0.183. The molecular formula is C18H28O5. The van der Waals surface area contributed by atoms with Gasteiger partial charge in [-0.25, -0.2) is 4.79 Å². The van der Waals surface area contributed by atoms with Gasteiger partial charge < -0.3 is 14.9 Å². The van der Waals surface area contributed by atoms with E-state index in [0.717, 1.165) is 18.4 Å². The van der Waals surface area contributed by atoms with Gasteiger partial charge in [-0.2, -0.15) is 0 Å². The molecule has 0 aliphatic carbocycles. The van der Waals surface area contributed by atoms with Crippen molar-refractivity contribution in [2.45, 2.75) is 59.5 Å². The number of aliphatic hydroxyl groups is 1. The fourth-order valence-electron chi connectivity index (χ4n) is 3.00. The topological polar surface area (TPSA) is 83.8 Å². The lowest BCUT2D eigenvalue weighted by Crippen LogP contribution is -2.49. The third-order valence-electron chi connectivity index (χ3n) is 4.23. The van der Waals surface area contributed by atoms with Gasteiger partial charge in [0.1, 0.15) is 12.0 Å². The summed E-state index contributed by atoms with van der Waals surface area (Å²) in [6.45, 7) is 7.66. The summed E-state index contributed by atoms with van der Waals surface area (Å²) in [4.78, 5) is 22.8. The Morgan fingerprint density at radius 1 is 1.39 bits per heavy atom. The Morgan fingerprint density at radius 2 is 2.04 bits per heavy atom. The number of carboxylic acid groups (broad SMARTS) is 1. The number of carboxylic acids is 1. The zero-order valence-electron chi connectivity index (χ0n) is 14.5. The lowest BCUT2D eigenvalue weighted by Gasteiger charge is -2.34. The standard InChI is InChI=1S/C18H28O5/c1-5-6-7-11(2)8-12(3)9-13(4)15(17(20)21)16-14(10-19)18(22)23-16/h9,11,14,16,19H,5-8,10H2,1-4H3,(H,20,21). The molecule has 0 spiro atoms. The van der Waals surface area contributed by atoms with Crippen LogP contribution in [0.3, 0.4) is 0 Å². The maximum absolute atomic E-state index is 11.5. The Bertz CT molecular complexity index is 504.